The summed E-state index contributed by atoms with van der Waals surface area (Å²) in [6.45, 7) is 1.88. The smallest absolute Gasteiger partial charge is 0.414 e. The number of ether oxygens (including phenoxy) is 2. The third kappa shape index (κ3) is 1.92. The lowest BCUT2D eigenvalue weighted by Gasteiger charge is -2.09. The number of aromatic nitrogens is 2. The fraction of sp³-hybridized carbons (Fsp3) is 0.250. The Labute approximate surface area is 103 Å². The molecule has 1 aromatic heterocycles. The van der Waals surface area contributed by atoms with Crippen molar-refractivity contribution in [3.8, 4) is 5.88 Å². The van der Waals surface area contributed by atoms with Gasteiger partial charge in [-0.15, -0.1) is 4.73 Å². The van der Waals surface area contributed by atoms with Gasteiger partial charge in [0.05, 0.1) is 13.7 Å². The number of carbonyl (C=O) groups is 1. The summed E-state index contributed by atoms with van der Waals surface area (Å²) >= 11 is 0. The van der Waals surface area contributed by atoms with Crippen LogP contribution >= 0.6 is 0 Å². The first-order valence-corrected chi connectivity index (χ1v) is 5.42. The molecular weight excluding hydrogens is 236 g/mol. The molecule has 0 aliphatic carbocycles. The van der Waals surface area contributed by atoms with Gasteiger partial charge in [-0.2, -0.15) is 0 Å². The summed E-state index contributed by atoms with van der Waals surface area (Å²) in [6.07, 6.45) is 0. The number of nitrogens with zero attached hydrogens (tertiary/aromatic N) is 2. The molecular formula is C12H12N2O4. The summed E-state index contributed by atoms with van der Waals surface area (Å²) in [5.41, 5.74) is 0.631. The number of fused-ring (bicyclic) bond motifs is 1. The molecule has 1 heterocycles. The van der Waals surface area contributed by atoms with Gasteiger partial charge in [0, 0.05) is 6.07 Å². The van der Waals surface area contributed by atoms with Crippen LogP contribution in [0.2, 0.25) is 0 Å². The van der Waals surface area contributed by atoms with Crippen molar-refractivity contribution in [2.45, 2.75) is 6.92 Å². The van der Waals surface area contributed by atoms with Gasteiger partial charge in [0.25, 0.3) is 5.69 Å². The number of rotatable bonds is 3. The highest BCUT2D eigenvalue weighted by molar-refractivity contribution is 5.91. The normalized spacial score (nSPS) is 10.3. The second-order valence-electron chi connectivity index (χ2n) is 3.47. The molecule has 0 amide bonds. The molecule has 0 aliphatic heterocycles. The number of hydrogen-bond acceptors (Lipinski definition) is 5. The average Bonchev–Trinajstić information content (AvgIpc) is 2.39. The summed E-state index contributed by atoms with van der Waals surface area (Å²) in [4.78, 5) is 15.8. The van der Waals surface area contributed by atoms with E-state index in [-0.39, 0.29) is 18.2 Å². The van der Waals surface area contributed by atoms with Gasteiger partial charge in [-0.1, -0.05) is 12.1 Å². The molecule has 0 radical (unpaired) electrons. The molecule has 0 fully saturated rings. The van der Waals surface area contributed by atoms with Crippen molar-refractivity contribution in [3.63, 3.8) is 0 Å². The van der Waals surface area contributed by atoms with E-state index in [9.17, 15) is 10.0 Å². The fourth-order valence-electron chi connectivity index (χ4n) is 1.62. The first-order chi connectivity index (χ1) is 8.69. The number of para-hydroxylation sites is 2. The molecule has 0 unspecified atom stereocenters. The molecule has 0 atom stereocenters. The summed E-state index contributed by atoms with van der Waals surface area (Å²) in [5, 5.41) is 12.0. The monoisotopic (exact) mass is 248 g/mol. The molecule has 2 rings (SSSR count). The SMILES string of the molecule is CCOC(=O)c1nc2ccccc2[n+]([O-])c1OC. The van der Waals surface area contributed by atoms with Gasteiger partial charge in [-0.3, -0.25) is 0 Å². The molecule has 0 bridgehead atoms. The van der Waals surface area contributed by atoms with E-state index in [4.69, 9.17) is 9.47 Å². The summed E-state index contributed by atoms with van der Waals surface area (Å²) < 4.78 is 10.3. The number of esters is 1. The fourth-order valence-corrected chi connectivity index (χ4v) is 1.62. The Morgan fingerprint density at radius 1 is 1.44 bits per heavy atom. The lowest BCUT2D eigenvalue weighted by Crippen LogP contribution is -2.33. The molecule has 18 heavy (non-hydrogen) atoms. The van der Waals surface area contributed by atoms with Crippen LogP contribution in [-0.2, 0) is 4.74 Å². The maximum atomic E-state index is 12.0. The molecule has 6 heteroatoms. The molecule has 0 saturated carbocycles. The van der Waals surface area contributed by atoms with Crippen LogP contribution in [0.15, 0.2) is 24.3 Å². The Bertz CT molecular complexity index is 598. The van der Waals surface area contributed by atoms with Gasteiger partial charge >= 0.3 is 11.8 Å². The molecule has 2 aromatic rings. The zero-order valence-electron chi connectivity index (χ0n) is 10.0. The van der Waals surface area contributed by atoms with Crippen LogP contribution in [0.1, 0.15) is 17.4 Å². The van der Waals surface area contributed by atoms with E-state index in [0.29, 0.717) is 15.8 Å². The van der Waals surface area contributed by atoms with Crippen LogP contribution in [0.3, 0.4) is 0 Å². The number of carbonyl (C=O) groups excluding carboxylic acids is 1. The van der Waals surface area contributed by atoms with E-state index in [1.54, 1.807) is 31.2 Å². The Morgan fingerprint density at radius 3 is 2.83 bits per heavy atom. The van der Waals surface area contributed by atoms with Crippen molar-refractivity contribution in [3.05, 3.63) is 35.2 Å². The number of hydrogen-bond donors (Lipinski definition) is 0. The minimum Gasteiger partial charge on any atom is -0.615 e. The third-order valence-corrected chi connectivity index (χ3v) is 2.38. The van der Waals surface area contributed by atoms with Gasteiger partial charge in [-0.05, 0) is 13.0 Å². The molecule has 94 valence electrons. The minimum atomic E-state index is -0.676. The maximum absolute atomic E-state index is 12.0. The Kier molecular flexibility index (Phi) is 3.27. The van der Waals surface area contributed by atoms with Crippen LogP contribution in [0.25, 0.3) is 11.0 Å². The highest BCUT2D eigenvalue weighted by Crippen LogP contribution is 2.17. The molecule has 0 aliphatic rings. The van der Waals surface area contributed by atoms with Gasteiger partial charge in [0.2, 0.25) is 5.52 Å². The largest absolute Gasteiger partial charge is 0.615 e. The molecule has 1 aromatic carbocycles. The minimum absolute atomic E-state index is 0.118. The van der Waals surface area contributed by atoms with Crippen molar-refractivity contribution in [2.24, 2.45) is 0 Å². The predicted octanol–water partition coefficient (Wildman–Crippen LogP) is 1.05. The Hall–Kier alpha value is -2.37. The Morgan fingerprint density at radius 2 is 2.17 bits per heavy atom. The molecule has 0 saturated heterocycles. The van der Waals surface area contributed by atoms with Crippen LogP contribution in [0.4, 0.5) is 0 Å². The first-order valence-electron chi connectivity index (χ1n) is 5.42. The lowest BCUT2D eigenvalue weighted by molar-refractivity contribution is -0.585. The zero-order valence-corrected chi connectivity index (χ0v) is 10.0. The van der Waals surface area contributed by atoms with Gasteiger partial charge < -0.3 is 14.7 Å². The summed E-state index contributed by atoms with van der Waals surface area (Å²) in [5.74, 6) is -0.836. The summed E-state index contributed by atoms with van der Waals surface area (Å²) in [6, 6.07) is 6.69. The second-order valence-corrected chi connectivity index (χ2v) is 3.47. The Balaban J connectivity index is 2.68. The highest BCUT2D eigenvalue weighted by Gasteiger charge is 2.26. The number of benzene rings is 1. The lowest BCUT2D eigenvalue weighted by atomic mass is 10.3. The second kappa shape index (κ2) is 4.87. The van der Waals surface area contributed by atoms with Crippen LogP contribution < -0.4 is 9.47 Å². The third-order valence-electron chi connectivity index (χ3n) is 2.38. The molecule has 0 N–H and O–H groups in total. The topological polar surface area (TPSA) is 75.4 Å². The number of methoxy groups -OCH3 is 1. The van der Waals surface area contributed by atoms with E-state index < -0.39 is 5.97 Å². The molecule has 0 spiro atoms. The van der Waals surface area contributed by atoms with Gasteiger partial charge in [0.1, 0.15) is 5.52 Å². The predicted molar refractivity (Wildman–Crippen MR) is 63.2 cm³/mol. The quantitative estimate of drug-likeness (QED) is 0.461. The first kappa shape index (κ1) is 12.1. The van der Waals surface area contributed by atoms with Crippen LogP contribution in [0.5, 0.6) is 5.88 Å². The van der Waals surface area contributed by atoms with Crippen molar-refractivity contribution in [2.75, 3.05) is 13.7 Å². The highest BCUT2D eigenvalue weighted by atomic mass is 16.6. The maximum Gasteiger partial charge on any atom is 0.414 e. The van der Waals surface area contributed by atoms with Crippen molar-refractivity contribution in [1.29, 1.82) is 0 Å². The van der Waals surface area contributed by atoms with Gasteiger partial charge in [0.15, 0.2) is 0 Å². The van der Waals surface area contributed by atoms with Crippen molar-refractivity contribution < 1.29 is 19.0 Å². The average molecular weight is 248 g/mol. The van der Waals surface area contributed by atoms with E-state index >= 15 is 0 Å². The van der Waals surface area contributed by atoms with Gasteiger partial charge in [-0.25, -0.2) is 9.78 Å². The van der Waals surface area contributed by atoms with E-state index in [1.807, 2.05) is 0 Å². The van der Waals surface area contributed by atoms with Crippen LogP contribution in [0, 0.1) is 5.21 Å². The van der Waals surface area contributed by atoms with Crippen LogP contribution in [-0.4, -0.2) is 24.7 Å². The van der Waals surface area contributed by atoms with E-state index in [1.165, 1.54) is 7.11 Å². The van der Waals surface area contributed by atoms with Crippen molar-refractivity contribution >= 4 is 17.0 Å². The van der Waals surface area contributed by atoms with E-state index in [0.717, 1.165) is 0 Å². The van der Waals surface area contributed by atoms with E-state index in [2.05, 4.69) is 4.98 Å². The van der Waals surface area contributed by atoms with Crippen molar-refractivity contribution in [1.82, 2.24) is 4.98 Å². The standard InChI is InChI=1S/C12H12N2O4/c1-3-18-12(15)10-11(17-2)14(16)9-7-5-4-6-8(9)13-10/h4-7H,3H2,1-2H3. The molecule has 6 nitrogen and oxygen atoms in total. The zero-order chi connectivity index (χ0) is 13.1. The summed E-state index contributed by atoms with van der Waals surface area (Å²) in [7, 11) is 1.31.